The van der Waals surface area contributed by atoms with Crippen molar-refractivity contribution in [3.63, 3.8) is 0 Å². The number of hydrogen-bond donors (Lipinski definition) is 1. The summed E-state index contributed by atoms with van der Waals surface area (Å²) in [6, 6.07) is 0. The van der Waals surface area contributed by atoms with Gasteiger partial charge in [0.2, 0.25) is 0 Å². The molecule has 0 amide bonds. The molecule has 0 unspecified atom stereocenters. The molecule has 0 aliphatic heterocycles. The van der Waals surface area contributed by atoms with Crippen LogP contribution in [-0.2, 0) is 25.0 Å². The lowest BCUT2D eigenvalue weighted by Crippen LogP contribution is -1.98. The van der Waals surface area contributed by atoms with Gasteiger partial charge in [-0.3, -0.25) is 4.68 Å². The Morgan fingerprint density at radius 3 is 2.77 bits per heavy atom. The van der Waals surface area contributed by atoms with Crippen LogP contribution in [0.4, 0.5) is 0 Å². The molecule has 0 aromatic carbocycles. The van der Waals surface area contributed by atoms with Crippen molar-refractivity contribution in [2.75, 3.05) is 6.61 Å². The van der Waals surface area contributed by atoms with E-state index < -0.39 is 0 Å². The highest BCUT2D eigenvalue weighted by atomic mass is 79.9. The van der Waals surface area contributed by atoms with E-state index in [-0.39, 0.29) is 6.61 Å². The van der Waals surface area contributed by atoms with Crippen LogP contribution in [0.2, 0.25) is 0 Å². The maximum Gasteiger partial charge on any atom is 0.103 e. The number of rotatable bonds is 4. The molecule has 5 heteroatoms. The summed E-state index contributed by atoms with van der Waals surface area (Å²) in [5.41, 5.74) is 1.60. The Kier molecular flexibility index (Phi) is 3.90. The van der Waals surface area contributed by atoms with Crippen LogP contribution in [-0.4, -0.2) is 21.5 Å². The van der Waals surface area contributed by atoms with Gasteiger partial charge in [0.15, 0.2) is 0 Å². The zero-order valence-corrected chi connectivity index (χ0v) is 9.34. The fraction of sp³-hybridized carbons (Fsp3) is 0.625. The number of aryl methyl sites for hydroxylation is 1. The van der Waals surface area contributed by atoms with Crippen molar-refractivity contribution >= 4 is 15.9 Å². The maximum absolute atomic E-state index is 9.01. The van der Waals surface area contributed by atoms with Gasteiger partial charge in [0, 0.05) is 13.7 Å². The Labute approximate surface area is 85.6 Å². The molecule has 0 radical (unpaired) electrons. The van der Waals surface area contributed by atoms with Crippen LogP contribution < -0.4 is 0 Å². The SMILES string of the molecule is CCOCc1nn(C)c(CO)c1Br. The third-order valence-electron chi connectivity index (χ3n) is 1.76. The fourth-order valence-electron chi connectivity index (χ4n) is 1.06. The van der Waals surface area contributed by atoms with E-state index in [1.54, 1.807) is 11.7 Å². The zero-order chi connectivity index (χ0) is 9.84. The molecule has 0 atom stereocenters. The predicted octanol–water partition coefficient (Wildman–Crippen LogP) is 1.21. The molecule has 0 spiro atoms. The van der Waals surface area contributed by atoms with Gasteiger partial charge in [0.05, 0.1) is 23.4 Å². The Morgan fingerprint density at radius 2 is 2.31 bits per heavy atom. The van der Waals surface area contributed by atoms with Crippen molar-refractivity contribution in [1.82, 2.24) is 9.78 Å². The van der Waals surface area contributed by atoms with E-state index in [0.29, 0.717) is 13.2 Å². The Balaban J connectivity index is 2.83. The summed E-state index contributed by atoms with van der Waals surface area (Å²) in [4.78, 5) is 0. The van der Waals surface area contributed by atoms with Gasteiger partial charge in [-0.15, -0.1) is 0 Å². The zero-order valence-electron chi connectivity index (χ0n) is 7.75. The van der Waals surface area contributed by atoms with Crippen molar-refractivity contribution < 1.29 is 9.84 Å². The topological polar surface area (TPSA) is 47.3 Å². The lowest BCUT2D eigenvalue weighted by Gasteiger charge is -1.97. The normalized spacial score (nSPS) is 10.8. The van der Waals surface area contributed by atoms with Crippen LogP contribution in [0.5, 0.6) is 0 Å². The molecule has 4 nitrogen and oxygen atoms in total. The second-order valence-electron chi connectivity index (χ2n) is 2.63. The summed E-state index contributed by atoms with van der Waals surface area (Å²) in [5.74, 6) is 0. The number of halogens is 1. The molecular weight excluding hydrogens is 236 g/mol. The molecule has 0 aliphatic rings. The van der Waals surface area contributed by atoms with Gasteiger partial charge in [-0.25, -0.2) is 0 Å². The molecule has 1 aromatic heterocycles. The predicted molar refractivity (Wildman–Crippen MR) is 52.2 cm³/mol. The van der Waals surface area contributed by atoms with Crippen molar-refractivity contribution in [3.05, 3.63) is 15.9 Å². The maximum atomic E-state index is 9.01. The highest BCUT2D eigenvalue weighted by molar-refractivity contribution is 9.10. The van der Waals surface area contributed by atoms with Crippen molar-refractivity contribution in [3.8, 4) is 0 Å². The molecule has 0 saturated carbocycles. The van der Waals surface area contributed by atoms with E-state index in [9.17, 15) is 0 Å². The van der Waals surface area contributed by atoms with Gasteiger partial charge in [-0.05, 0) is 22.9 Å². The summed E-state index contributed by atoms with van der Waals surface area (Å²) in [6.45, 7) is 3.06. The van der Waals surface area contributed by atoms with E-state index in [2.05, 4.69) is 21.0 Å². The first-order valence-corrected chi connectivity index (χ1v) is 4.88. The average Bonchev–Trinajstić information content (AvgIpc) is 2.38. The molecule has 0 bridgehead atoms. The van der Waals surface area contributed by atoms with Crippen LogP contribution >= 0.6 is 15.9 Å². The number of aliphatic hydroxyl groups excluding tert-OH is 1. The van der Waals surface area contributed by atoms with Gasteiger partial charge >= 0.3 is 0 Å². The van der Waals surface area contributed by atoms with Crippen molar-refractivity contribution in [2.45, 2.75) is 20.1 Å². The first-order chi connectivity index (χ1) is 6.20. The number of nitrogens with zero attached hydrogens (tertiary/aromatic N) is 2. The lowest BCUT2D eigenvalue weighted by molar-refractivity contribution is 0.130. The molecule has 1 heterocycles. The summed E-state index contributed by atoms with van der Waals surface area (Å²) >= 11 is 3.37. The van der Waals surface area contributed by atoms with Crippen LogP contribution in [0.3, 0.4) is 0 Å². The van der Waals surface area contributed by atoms with Crippen molar-refractivity contribution in [2.24, 2.45) is 7.05 Å². The minimum Gasteiger partial charge on any atom is -0.390 e. The first kappa shape index (κ1) is 10.7. The number of aromatic nitrogens is 2. The minimum absolute atomic E-state index is 0.0177. The summed E-state index contributed by atoms with van der Waals surface area (Å²) in [5, 5.41) is 13.2. The summed E-state index contributed by atoms with van der Waals surface area (Å²) < 4.78 is 7.72. The second kappa shape index (κ2) is 4.74. The third kappa shape index (κ3) is 2.30. The van der Waals surface area contributed by atoms with E-state index in [0.717, 1.165) is 15.9 Å². The number of aliphatic hydroxyl groups is 1. The van der Waals surface area contributed by atoms with Crippen LogP contribution in [0.25, 0.3) is 0 Å². The largest absolute Gasteiger partial charge is 0.390 e. The smallest absolute Gasteiger partial charge is 0.103 e. The third-order valence-corrected chi connectivity index (χ3v) is 2.68. The lowest BCUT2D eigenvalue weighted by atomic mass is 10.4. The molecule has 0 aliphatic carbocycles. The Hall–Kier alpha value is -0.390. The summed E-state index contributed by atoms with van der Waals surface area (Å²) in [7, 11) is 1.80. The van der Waals surface area contributed by atoms with E-state index in [1.807, 2.05) is 6.92 Å². The van der Waals surface area contributed by atoms with Gasteiger partial charge in [0.25, 0.3) is 0 Å². The molecule has 1 rings (SSSR count). The monoisotopic (exact) mass is 248 g/mol. The highest BCUT2D eigenvalue weighted by Gasteiger charge is 2.12. The number of ether oxygens (including phenoxy) is 1. The van der Waals surface area contributed by atoms with E-state index in [4.69, 9.17) is 9.84 Å². The minimum atomic E-state index is -0.0177. The second-order valence-corrected chi connectivity index (χ2v) is 3.42. The molecular formula is C8H13BrN2O2. The van der Waals surface area contributed by atoms with Crippen LogP contribution in [0.1, 0.15) is 18.3 Å². The van der Waals surface area contributed by atoms with Gasteiger partial charge < -0.3 is 9.84 Å². The standard InChI is InChI=1S/C8H13BrN2O2/c1-3-13-5-6-8(9)7(4-12)11(2)10-6/h12H,3-5H2,1-2H3. The van der Waals surface area contributed by atoms with Crippen molar-refractivity contribution in [1.29, 1.82) is 0 Å². The fourth-order valence-corrected chi connectivity index (χ4v) is 1.63. The average molecular weight is 249 g/mol. The van der Waals surface area contributed by atoms with Crippen LogP contribution in [0.15, 0.2) is 4.47 Å². The van der Waals surface area contributed by atoms with E-state index in [1.165, 1.54) is 0 Å². The first-order valence-electron chi connectivity index (χ1n) is 4.09. The van der Waals surface area contributed by atoms with E-state index >= 15 is 0 Å². The molecule has 1 aromatic rings. The molecule has 13 heavy (non-hydrogen) atoms. The van der Waals surface area contributed by atoms with Crippen LogP contribution in [0, 0.1) is 0 Å². The quantitative estimate of drug-likeness (QED) is 0.872. The summed E-state index contributed by atoms with van der Waals surface area (Å²) in [6.07, 6.45) is 0. The van der Waals surface area contributed by atoms with Gasteiger partial charge in [0.1, 0.15) is 5.69 Å². The molecule has 1 N–H and O–H groups in total. The molecule has 0 fully saturated rings. The van der Waals surface area contributed by atoms with Gasteiger partial charge in [-0.1, -0.05) is 0 Å². The number of hydrogen-bond acceptors (Lipinski definition) is 3. The molecule has 74 valence electrons. The Morgan fingerprint density at radius 1 is 1.62 bits per heavy atom. The van der Waals surface area contributed by atoms with Gasteiger partial charge in [-0.2, -0.15) is 5.10 Å². The highest BCUT2D eigenvalue weighted by Crippen LogP contribution is 2.21. The Bertz CT molecular complexity index is 286. The molecule has 0 saturated heterocycles.